The Morgan fingerprint density at radius 3 is 2.42 bits per heavy atom. The van der Waals surface area contributed by atoms with Crippen molar-refractivity contribution in [2.45, 2.75) is 32.5 Å². The number of anilines is 1. The minimum Gasteiger partial charge on any atom is -0.497 e. The lowest BCUT2D eigenvalue weighted by atomic mass is 10.00. The lowest BCUT2D eigenvalue weighted by Gasteiger charge is -2.39. The molecule has 1 atom stereocenters. The molecule has 1 aliphatic rings. The van der Waals surface area contributed by atoms with E-state index in [2.05, 4.69) is 22.1 Å². The molecule has 0 radical (unpaired) electrons. The maximum Gasteiger partial charge on any atom is 0.322 e. The number of benzene rings is 2. The van der Waals surface area contributed by atoms with E-state index in [9.17, 15) is 9.59 Å². The number of urea groups is 1. The molecule has 0 saturated heterocycles. The Labute approximate surface area is 194 Å². The van der Waals surface area contributed by atoms with Gasteiger partial charge in [0.05, 0.1) is 13.2 Å². The largest absolute Gasteiger partial charge is 0.497 e. The second-order valence-corrected chi connectivity index (χ2v) is 8.41. The highest BCUT2D eigenvalue weighted by Gasteiger charge is 2.33. The molecular formula is C26H30N4O3. The molecule has 1 aromatic heterocycles. The molecule has 7 heteroatoms. The molecule has 3 amide bonds. The number of nitrogens with zero attached hydrogens (tertiary/aromatic N) is 3. The Kier molecular flexibility index (Phi) is 6.68. The molecular weight excluding hydrogens is 416 g/mol. The summed E-state index contributed by atoms with van der Waals surface area (Å²) in [5.41, 5.74) is 2.79. The normalized spacial score (nSPS) is 15.2. The third-order valence-electron chi connectivity index (χ3n) is 6.01. The number of aromatic nitrogens is 1. The van der Waals surface area contributed by atoms with E-state index in [1.165, 1.54) is 0 Å². The van der Waals surface area contributed by atoms with Crippen molar-refractivity contribution >= 4 is 17.6 Å². The van der Waals surface area contributed by atoms with Crippen LogP contribution in [0.25, 0.3) is 0 Å². The van der Waals surface area contributed by atoms with Gasteiger partial charge in [-0.2, -0.15) is 0 Å². The maximum absolute atomic E-state index is 13.5. The third-order valence-corrected chi connectivity index (χ3v) is 6.01. The molecule has 0 aliphatic carbocycles. The molecule has 3 aromatic rings. The zero-order chi connectivity index (χ0) is 23.4. The van der Waals surface area contributed by atoms with Crippen molar-refractivity contribution < 1.29 is 14.3 Å². The van der Waals surface area contributed by atoms with E-state index >= 15 is 0 Å². The van der Waals surface area contributed by atoms with Gasteiger partial charge in [-0.05, 0) is 55.8 Å². The smallest absolute Gasteiger partial charge is 0.322 e. The predicted octanol–water partition coefficient (Wildman–Crippen LogP) is 4.37. The van der Waals surface area contributed by atoms with Crippen LogP contribution in [-0.4, -0.2) is 52.5 Å². The number of fused-ring (bicyclic) bond motifs is 1. The quantitative estimate of drug-likeness (QED) is 0.611. The molecule has 0 spiro atoms. The predicted molar refractivity (Wildman–Crippen MR) is 128 cm³/mol. The van der Waals surface area contributed by atoms with Crippen LogP contribution in [0.4, 0.5) is 10.5 Å². The number of hydrogen-bond donors (Lipinski definition) is 1. The maximum atomic E-state index is 13.5. The van der Waals surface area contributed by atoms with Crippen molar-refractivity contribution in [1.29, 1.82) is 0 Å². The molecule has 1 N–H and O–H groups in total. The lowest BCUT2D eigenvalue weighted by molar-refractivity contribution is -0.134. The molecule has 4 rings (SSSR count). The highest BCUT2D eigenvalue weighted by atomic mass is 16.5. The van der Waals surface area contributed by atoms with Gasteiger partial charge in [-0.1, -0.05) is 30.3 Å². The first-order valence-corrected chi connectivity index (χ1v) is 11.2. The zero-order valence-electron chi connectivity index (χ0n) is 19.3. The number of hydrogen-bond acceptors (Lipinski definition) is 3. The summed E-state index contributed by atoms with van der Waals surface area (Å²) in [6, 6.07) is 20.6. The molecule has 7 nitrogen and oxygen atoms in total. The van der Waals surface area contributed by atoms with E-state index < -0.39 is 0 Å². The van der Waals surface area contributed by atoms with E-state index in [0.717, 1.165) is 17.8 Å². The van der Waals surface area contributed by atoms with Gasteiger partial charge in [0, 0.05) is 36.7 Å². The summed E-state index contributed by atoms with van der Waals surface area (Å²) in [7, 11) is 1.60. The average molecular weight is 447 g/mol. The van der Waals surface area contributed by atoms with Gasteiger partial charge in [0.1, 0.15) is 12.3 Å². The van der Waals surface area contributed by atoms with E-state index in [4.69, 9.17) is 4.74 Å². The van der Waals surface area contributed by atoms with Gasteiger partial charge in [-0.15, -0.1) is 0 Å². The summed E-state index contributed by atoms with van der Waals surface area (Å²) >= 11 is 0. The first kappa shape index (κ1) is 22.5. The summed E-state index contributed by atoms with van der Waals surface area (Å²) in [5.74, 6) is 0.639. The van der Waals surface area contributed by atoms with Crippen LogP contribution in [0.5, 0.6) is 5.75 Å². The molecule has 172 valence electrons. The van der Waals surface area contributed by atoms with Crippen molar-refractivity contribution in [2.24, 2.45) is 0 Å². The van der Waals surface area contributed by atoms with Gasteiger partial charge in [0.25, 0.3) is 0 Å². The zero-order valence-corrected chi connectivity index (χ0v) is 19.3. The first-order valence-electron chi connectivity index (χ1n) is 11.2. The van der Waals surface area contributed by atoms with Gasteiger partial charge >= 0.3 is 6.03 Å². The minimum atomic E-state index is -0.305. The fraction of sp³-hybridized carbons (Fsp3) is 0.308. The van der Waals surface area contributed by atoms with Crippen LogP contribution in [0.2, 0.25) is 0 Å². The van der Waals surface area contributed by atoms with Crippen LogP contribution >= 0.6 is 0 Å². The fourth-order valence-electron chi connectivity index (χ4n) is 4.23. The van der Waals surface area contributed by atoms with Crippen LogP contribution in [0.3, 0.4) is 0 Å². The Morgan fingerprint density at radius 2 is 1.76 bits per heavy atom. The van der Waals surface area contributed by atoms with Crippen LogP contribution in [0.15, 0.2) is 72.9 Å². The minimum absolute atomic E-state index is 0.00367. The topological polar surface area (TPSA) is 66.8 Å². The summed E-state index contributed by atoms with van der Waals surface area (Å²) in [5, 5.41) is 2.89. The van der Waals surface area contributed by atoms with E-state index in [-0.39, 0.29) is 30.6 Å². The van der Waals surface area contributed by atoms with Crippen LogP contribution in [-0.2, 0) is 11.3 Å². The second-order valence-electron chi connectivity index (χ2n) is 8.41. The number of rotatable bonds is 6. The van der Waals surface area contributed by atoms with Gasteiger partial charge in [0.15, 0.2) is 0 Å². The number of ether oxygens (including phenoxy) is 1. The molecule has 1 unspecified atom stereocenters. The molecule has 33 heavy (non-hydrogen) atoms. The Hall–Kier alpha value is -3.74. The second kappa shape index (κ2) is 9.81. The number of carbonyl (C=O) groups is 2. The van der Waals surface area contributed by atoms with E-state index in [1.807, 2.05) is 55.1 Å². The highest BCUT2D eigenvalue weighted by molar-refractivity contribution is 5.92. The number of carbonyl (C=O) groups excluding carboxylic acids is 2. The summed E-state index contributed by atoms with van der Waals surface area (Å²) in [6.07, 6.45) is 2.05. The van der Waals surface area contributed by atoms with Crippen molar-refractivity contribution in [3.63, 3.8) is 0 Å². The number of amides is 3. The standard InChI is InChI=1S/C26H30N4O3/c1-19(2)30(26(32)27-21-11-13-22(33-3)14-12-21)18-24(31)29-17-16-28-15-7-10-23(28)25(29)20-8-5-4-6-9-20/h4-15,19,25H,16-18H2,1-3H3,(H,27,32). The number of methoxy groups -OCH3 is 1. The number of nitrogens with one attached hydrogen (secondary N) is 1. The Balaban J connectivity index is 1.53. The average Bonchev–Trinajstić information content (AvgIpc) is 3.31. The van der Waals surface area contributed by atoms with Gasteiger partial charge in [0.2, 0.25) is 5.91 Å². The Bertz CT molecular complexity index is 1090. The summed E-state index contributed by atoms with van der Waals surface area (Å²) in [4.78, 5) is 30.1. The molecule has 0 fully saturated rings. The molecule has 0 saturated carbocycles. The van der Waals surface area contributed by atoms with Crippen molar-refractivity contribution in [3.8, 4) is 5.75 Å². The van der Waals surface area contributed by atoms with Crippen molar-refractivity contribution in [1.82, 2.24) is 14.4 Å². The monoisotopic (exact) mass is 446 g/mol. The Morgan fingerprint density at radius 1 is 1.03 bits per heavy atom. The molecule has 0 bridgehead atoms. The molecule has 2 aromatic carbocycles. The van der Waals surface area contributed by atoms with Gasteiger partial charge in [-0.25, -0.2) is 4.79 Å². The van der Waals surface area contributed by atoms with E-state index in [0.29, 0.717) is 18.0 Å². The lowest BCUT2D eigenvalue weighted by Crippen LogP contribution is -2.50. The SMILES string of the molecule is COc1ccc(NC(=O)N(CC(=O)N2CCn3cccc3C2c2ccccc2)C(C)C)cc1. The molecule has 2 heterocycles. The first-order chi connectivity index (χ1) is 16.0. The van der Waals surface area contributed by atoms with Crippen molar-refractivity contribution in [3.05, 3.63) is 84.2 Å². The van der Waals surface area contributed by atoms with Crippen molar-refractivity contribution in [2.75, 3.05) is 25.5 Å². The molecule has 1 aliphatic heterocycles. The third kappa shape index (κ3) is 4.87. The van der Waals surface area contributed by atoms with Gasteiger partial charge in [-0.3, -0.25) is 4.79 Å². The van der Waals surface area contributed by atoms with E-state index in [1.54, 1.807) is 36.3 Å². The van der Waals surface area contributed by atoms with Crippen LogP contribution in [0.1, 0.15) is 31.1 Å². The van der Waals surface area contributed by atoms with Crippen LogP contribution < -0.4 is 10.1 Å². The van der Waals surface area contributed by atoms with Gasteiger partial charge < -0.3 is 24.4 Å². The highest BCUT2D eigenvalue weighted by Crippen LogP contribution is 2.32. The summed E-state index contributed by atoms with van der Waals surface area (Å²) in [6.45, 7) is 5.15. The fourth-order valence-corrected chi connectivity index (χ4v) is 4.23. The summed E-state index contributed by atoms with van der Waals surface area (Å²) < 4.78 is 7.36. The van der Waals surface area contributed by atoms with Crippen LogP contribution in [0, 0.1) is 0 Å².